The Labute approximate surface area is 227 Å². The van der Waals surface area contributed by atoms with E-state index >= 15 is 0 Å². The number of nitrogen functional groups attached to an aromatic ring is 1. The van der Waals surface area contributed by atoms with Crippen molar-refractivity contribution < 1.29 is 0 Å². The lowest BCUT2D eigenvalue weighted by atomic mass is 9.92. The van der Waals surface area contributed by atoms with Gasteiger partial charge in [0, 0.05) is 27.7 Å². The fourth-order valence-corrected chi connectivity index (χ4v) is 6.41. The number of nitrogens with two attached hydrogens (primary N) is 1. The lowest BCUT2D eigenvalue weighted by Gasteiger charge is -2.13. The molecule has 0 saturated carbocycles. The normalized spacial score (nSPS) is 12.1. The molecule has 39 heavy (non-hydrogen) atoms. The van der Waals surface area contributed by atoms with Crippen LogP contribution in [0.4, 0.5) is 5.69 Å². The van der Waals surface area contributed by atoms with Crippen molar-refractivity contribution in [3.63, 3.8) is 0 Å². The number of anilines is 1. The third-order valence-corrected chi connectivity index (χ3v) is 8.21. The molecule has 0 bridgehead atoms. The average molecular weight is 499 g/mol. The van der Waals surface area contributed by atoms with E-state index in [1.54, 1.807) is 0 Å². The van der Waals surface area contributed by atoms with E-state index in [1.807, 2.05) is 0 Å². The van der Waals surface area contributed by atoms with Crippen molar-refractivity contribution in [2.75, 3.05) is 5.73 Å². The van der Waals surface area contributed by atoms with Crippen molar-refractivity contribution in [2.24, 2.45) is 0 Å². The molecule has 2 N–H and O–H groups in total. The zero-order chi connectivity index (χ0) is 25.9. The molecule has 0 saturated heterocycles. The van der Waals surface area contributed by atoms with E-state index in [4.69, 9.17) is 5.73 Å². The van der Waals surface area contributed by atoms with E-state index in [9.17, 15) is 0 Å². The average Bonchev–Trinajstić information content (AvgIpc) is 3.53. The second kappa shape index (κ2) is 8.47. The van der Waals surface area contributed by atoms with Gasteiger partial charge < -0.3 is 10.3 Å². The molecule has 1 aliphatic carbocycles. The van der Waals surface area contributed by atoms with Crippen LogP contribution in [0.3, 0.4) is 0 Å². The number of fused-ring (bicyclic) bond motifs is 6. The molecule has 0 aliphatic heterocycles. The van der Waals surface area contributed by atoms with Gasteiger partial charge in [0.1, 0.15) is 0 Å². The van der Waals surface area contributed by atoms with Crippen molar-refractivity contribution in [1.29, 1.82) is 0 Å². The van der Waals surface area contributed by atoms with Crippen LogP contribution >= 0.6 is 0 Å². The van der Waals surface area contributed by atoms with Crippen molar-refractivity contribution in [3.8, 4) is 39.1 Å². The van der Waals surface area contributed by atoms with Crippen molar-refractivity contribution in [2.45, 2.75) is 6.42 Å². The largest absolute Gasteiger partial charge is 0.398 e. The summed E-state index contributed by atoms with van der Waals surface area (Å²) in [6.45, 7) is 0. The molecule has 1 heterocycles. The van der Waals surface area contributed by atoms with Crippen LogP contribution < -0.4 is 5.73 Å². The minimum Gasteiger partial charge on any atom is -0.398 e. The molecule has 0 atom stereocenters. The first-order chi connectivity index (χ1) is 19.3. The van der Waals surface area contributed by atoms with Gasteiger partial charge in [-0.1, -0.05) is 97.1 Å². The summed E-state index contributed by atoms with van der Waals surface area (Å²) in [5.74, 6) is 0. The number of nitrogens with zero attached hydrogens (tertiary/aromatic N) is 1. The van der Waals surface area contributed by atoms with Crippen molar-refractivity contribution in [1.82, 2.24) is 4.57 Å². The monoisotopic (exact) mass is 498 g/mol. The molecular formula is C37H26N2. The van der Waals surface area contributed by atoms with E-state index < -0.39 is 0 Å². The number of hydrogen-bond donors (Lipinski definition) is 1. The highest BCUT2D eigenvalue weighted by Gasteiger charge is 2.23. The highest BCUT2D eigenvalue weighted by molar-refractivity contribution is 6.10. The number of benzene rings is 6. The van der Waals surface area contributed by atoms with Gasteiger partial charge in [-0.15, -0.1) is 0 Å². The summed E-state index contributed by atoms with van der Waals surface area (Å²) < 4.78 is 2.36. The van der Waals surface area contributed by atoms with Gasteiger partial charge in [-0.2, -0.15) is 0 Å². The van der Waals surface area contributed by atoms with Crippen LogP contribution in [0, 0.1) is 0 Å². The minimum absolute atomic E-state index is 0.837. The molecule has 2 heteroatoms. The maximum Gasteiger partial charge on any atom is 0.0541 e. The van der Waals surface area contributed by atoms with E-state index in [0.717, 1.165) is 17.7 Å². The molecule has 6 aromatic carbocycles. The molecule has 184 valence electrons. The van der Waals surface area contributed by atoms with Crippen LogP contribution in [0.15, 0.2) is 133 Å². The molecule has 0 radical (unpaired) electrons. The highest BCUT2D eigenvalue weighted by atomic mass is 15.0. The van der Waals surface area contributed by atoms with Crippen molar-refractivity contribution in [3.05, 3.63) is 145 Å². The molecule has 0 fully saturated rings. The first-order valence-corrected chi connectivity index (χ1v) is 13.5. The minimum atomic E-state index is 0.837. The van der Waals surface area contributed by atoms with Gasteiger partial charge in [-0.3, -0.25) is 0 Å². The Morgan fingerprint density at radius 2 is 1.21 bits per heavy atom. The smallest absolute Gasteiger partial charge is 0.0541 e. The van der Waals surface area contributed by atoms with E-state index in [0.29, 0.717) is 0 Å². The van der Waals surface area contributed by atoms with E-state index in [-0.39, 0.29) is 0 Å². The van der Waals surface area contributed by atoms with Crippen LogP contribution in [0.5, 0.6) is 0 Å². The van der Waals surface area contributed by atoms with Crippen molar-refractivity contribution >= 4 is 27.5 Å². The van der Waals surface area contributed by atoms with Crippen LogP contribution in [0.1, 0.15) is 11.1 Å². The molecule has 1 aliphatic rings. The summed E-state index contributed by atoms with van der Waals surface area (Å²) >= 11 is 0. The highest BCUT2D eigenvalue weighted by Crippen LogP contribution is 2.44. The standard InChI is InChI=1S/C37H26N2/c38-34-20-19-30-29-11-5-4-8-27(29)23-33(30)37(34)25-16-14-24(15-17-25)26-18-21-36-32(22-26)31-12-6-7-13-35(31)39(36)28-9-2-1-3-10-28/h1-22H,23,38H2. The summed E-state index contributed by atoms with van der Waals surface area (Å²) in [7, 11) is 0. The predicted molar refractivity (Wildman–Crippen MR) is 164 cm³/mol. The summed E-state index contributed by atoms with van der Waals surface area (Å²) in [6.07, 6.45) is 0.926. The van der Waals surface area contributed by atoms with Crippen LogP contribution in [-0.2, 0) is 6.42 Å². The van der Waals surface area contributed by atoms with Gasteiger partial charge in [0.25, 0.3) is 0 Å². The predicted octanol–water partition coefficient (Wildman–Crippen LogP) is 9.27. The molecule has 8 rings (SSSR count). The molecule has 0 amide bonds. The fourth-order valence-electron chi connectivity index (χ4n) is 6.41. The van der Waals surface area contributed by atoms with Gasteiger partial charge in [0.05, 0.1) is 11.0 Å². The lowest BCUT2D eigenvalue weighted by molar-refractivity contribution is 1.18. The summed E-state index contributed by atoms with van der Waals surface area (Å²) in [6, 6.07) is 47.9. The summed E-state index contributed by atoms with van der Waals surface area (Å²) in [5.41, 5.74) is 21.1. The zero-order valence-electron chi connectivity index (χ0n) is 21.4. The fraction of sp³-hybridized carbons (Fsp3) is 0.0270. The zero-order valence-corrected chi connectivity index (χ0v) is 21.4. The third-order valence-electron chi connectivity index (χ3n) is 8.21. The second-order valence-electron chi connectivity index (χ2n) is 10.4. The van der Waals surface area contributed by atoms with Gasteiger partial charge >= 0.3 is 0 Å². The Hall–Kier alpha value is -5.08. The van der Waals surface area contributed by atoms with Gasteiger partial charge in [-0.25, -0.2) is 0 Å². The molecule has 1 aromatic heterocycles. The van der Waals surface area contributed by atoms with Crippen LogP contribution in [0.25, 0.3) is 60.9 Å². The summed E-state index contributed by atoms with van der Waals surface area (Å²) in [4.78, 5) is 0. The Balaban J connectivity index is 1.23. The van der Waals surface area contributed by atoms with E-state index in [1.165, 1.54) is 66.4 Å². The van der Waals surface area contributed by atoms with Gasteiger partial charge in [-0.05, 0) is 81.8 Å². The summed E-state index contributed by atoms with van der Waals surface area (Å²) in [5, 5.41) is 2.53. The second-order valence-corrected chi connectivity index (χ2v) is 10.4. The first-order valence-electron chi connectivity index (χ1n) is 13.5. The maximum atomic E-state index is 6.57. The van der Waals surface area contributed by atoms with Gasteiger partial charge in [0.15, 0.2) is 0 Å². The topological polar surface area (TPSA) is 30.9 Å². The number of rotatable bonds is 3. The lowest BCUT2D eigenvalue weighted by Crippen LogP contribution is -1.95. The third kappa shape index (κ3) is 3.35. The van der Waals surface area contributed by atoms with Crippen LogP contribution in [0.2, 0.25) is 0 Å². The first kappa shape index (κ1) is 22.0. The quantitative estimate of drug-likeness (QED) is 0.242. The molecule has 0 unspecified atom stereocenters. The Morgan fingerprint density at radius 1 is 0.513 bits per heavy atom. The molecule has 2 nitrogen and oxygen atoms in total. The number of para-hydroxylation sites is 2. The number of hydrogen-bond acceptors (Lipinski definition) is 1. The Morgan fingerprint density at radius 3 is 2.08 bits per heavy atom. The molecular weight excluding hydrogens is 472 g/mol. The SMILES string of the molecule is Nc1ccc2c(c1-c1ccc(-c3ccc4c(c3)c3ccccc3n4-c3ccccc3)cc1)Cc1ccccc1-2. The van der Waals surface area contributed by atoms with E-state index in [2.05, 4.69) is 138 Å². The number of aromatic nitrogens is 1. The molecule has 7 aromatic rings. The van der Waals surface area contributed by atoms with Crippen LogP contribution in [-0.4, -0.2) is 4.57 Å². The Kier molecular flexibility index (Phi) is 4.77. The van der Waals surface area contributed by atoms with Gasteiger partial charge in [0.2, 0.25) is 0 Å². The maximum absolute atomic E-state index is 6.57. The molecule has 0 spiro atoms. The Bertz CT molecular complexity index is 2030.